The summed E-state index contributed by atoms with van der Waals surface area (Å²) in [6.45, 7) is 6.23. The molecule has 2 heterocycles. The molecule has 7 heteroatoms. The van der Waals surface area contributed by atoms with Gasteiger partial charge in [0.2, 0.25) is 11.8 Å². The Morgan fingerprint density at radius 3 is 2.61 bits per heavy atom. The largest absolute Gasteiger partial charge is 0.338 e. The molecule has 0 spiro atoms. The summed E-state index contributed by atoms with van der Waals surface area (Å²) in [5.41, 5.74) is 2.91. The highest BCUT2D eigenvalue weighted by Gasteiger charge is 2.26. The van der Waals surface area contributed by atoms with Gasteiger partial charge in [-0.3, -0.25) is 14.5 Å². The van der Waals surface area contributed by atoms with E-state index in [4.69, 9.17) is 11.6 Å². The summed E-state index contributed by atoms with van der Waals surface area (Å²) in [5.74, 6) is -0.0967. The molecule has 33 heavy (non-hydrogen) atoms. The molecular formula is C26H29ClFN3O2. The van der Waals surface area contributed by atoms with Crippen LogP contribution >= 0.6 is 11.6 Å². The lowest BCUT2D eigenvalue weighted by atomic mass is 10.1. The Bertz CT molecular complexity index is 1040. The second-order valence-electron chi connectivity index (χ2n) is 8.84. The Morgan fingerprint density at radius 2 is 1.91 bits per heavy atom. The van der Waals surface area contributed by atoms with Gasteiger partial charge in [0.1, 0.15) is 5.82 Å². The topological polar surface area (TPSA) is 43.9 Å². The molecule has 2 aromatic carbocycles. The predicted molar refractivity (Wildman–Crippen MR) is 128 cm³/mol. The highest BCUT2D eigenvalue weighted by Crippen LogP contribution is 2.22. The van der Waals surface area contributed by atoms with Crippen molar-refractivity contribution in [2.45, 2.75) is 38.9 Å². The number of amides is 2. The lowest BCUT2D eigenvalue weighted by molar-refractivity contribution is -0.130. The maximum atomic E-state index is 13.1. The van der Waals surface area contributed by atoms with Crippen LogP contribution in [0.5, 0.6) is 0 Å². The Balaban J connectivity index is 1.37. The number of benzene rings is 2. The third-order valence-electron chi connectivity index (χ3n) is 6.36. The summed E-state index contributed by atoms with van der Waals surface area (Å²) in [6, 6.07) is 12.2. The van der Waals surface area contributed by atoms with Gasteiger partial charge in [-0.1, -0.05) is 29.8 Å². The van der Waals surface area contributed by atoms with Crippen LogP contribution in [0.25, 0.3) is 6.08 Å². The Kier molecular flexibility index (Phi) is 7.46. The molecule has 4 rings (SSSR count). The quantitative estimate of drug-likeness (QED) is 0.591. The number of hydrogen-bond donors (Lipinski definition) is 0. The average molecular weight is 470 g/mol. The van der Waals surface area contributed by atoms with E-state index in [1.807, 2.05) is 28.0 Å². The minimum absolute atomic E-state index is 0.0259. The van der Waals surface area contributed by atoms with Gasteiger partial charge in [0, 0.05) is 62.8 Å². The molecule has 2 aliphatic rings. The second kappa shape index (κ2) is 10.5. The summed E-state index contributed by atoms with van der Waals surface area (Å²) in [5, 5.41) is 0.617. The van der Waals surface area contributed by atoms with E-state index in [1.165, 1.54) is 12.1 Å². The molecule has 5 nitrogen and oxygen atoms in total. The molecule has 1 atom stereocenters. The highest BCUT2D eigenvalue weighted by atomic mass is 35.5. The number of halogens is 2. The number of carbonyl (C=O) groups is 2. The third-order valence-corrected chi connectivity index (χ3v) is 6.59. The van der Waals surface area contributed by atoms with Gasteiger partial charge >= 0.3 is 0 Å². The lowest BCUT2D eigenvalue weighted by Crippen LogP contribution is -2.53. The average Bonchev–Trinajstić information content (AvgIpc) is 3.19. The van der Waals surface area contributed by atoms with Gasteiger partial charge < -0.3 is 9.80 Å². The third kappa shape index (κ3) is 6.01. The maximum absolute atomic E-state index is 13.1. The molecule has 2 aromatic rings. The van der Waals surface area contributed by atoms with Crippen LogP contribution in [-0.2, 0) is 22.7 Å². The Morgan fingerprint density at radius 1 is 1.12 bits per heavy atom. The summed E-state index contributed by atoms with van der Waals surface area (Å²) in [7, 11) is 0. The minimum Gasteiger partial charge on any atom is -0.338 e. The molecular weight excluding hydrogens is 441 g/mol. The molecule has 2 fully saturated rings. The molecule has 0 radical (unpaired) electrons. The van der Waals surface area contributed by atoms with Crippen molar-refractivity contribution in [3.8, 4) is 0 Å². The monoisotopic (exact) mass is 469 g/mol. The first kappa shape index (κ1) is 23.5. The number of nitrogens with zero attached hydrogens (tertiary/aromatic N) is 3. The van der Waals surface area contributed by atoms with E-state index in [9.17, 15) is 14.0 Å². The van der Waals surface area contributed by atoms with Crippen molar-refractivity contribution in [2.75, 3.05) is 26.2 Å². The summed E-state index contributed by atoms with van der Waals surface area (Å²) < 4.78 is 13.1. The first-order valence-electron chi connectivity index (χ1n) is 11.4. The zero-order chi connectivity index (χ0) is 23.4. The highest BCUT2D eigenvalue weighted by molar-refractivity contribution is 6.30. The van der Waals surface area contributed by atoms with E-state index in [0.29, 0.717) is 24.5 Å². The van der Waals surface area contributed by atoms with E-state index >= 15 is 0 Å². The van der Waals surface area contributed by atoms with E-state index < -0.39 is 0 Å². The molecule has 0 N–H and O–H groups in total. The molecule has 2 saturated heterocycles. The Hall–Kier alpha value is -2.70. The molecule has 2 amide bonds. The number of likely N-dealkylation sites (tertiary alicyclic amines) is 1. The fourth-order valence-electron chi connectivity index (χ4n) is 4.56. The van der Waals surface area contributed by atoms with E-state index in [2.05, 4.69) is 11.8 Å². The fraction of sp³-hybridized carbons (Fsp3) is 0.385. The number of hydrogen-bond acceptors (Lipinski definition) is 3. The van der Waals surface area contributed by atoms with Crippen molar-refractivity contribution >= 4 is 29.5 Å². The predicted octanol–water partition coefficient (Wildman–Crippen LogP) is 4.35. The normalized spacial score (nSPS) is 19.6. The van der Waals surface area contributed by atoms with Crippen LogP contribution in [0.2, 0.25) is 5.02 Å². The van der Waals surface area contributed by atoms with Crippen LogP contribution in [0.4, 0.5) is 4.39 Å². The smallest absolute Gasteiger partial charge is 0.246 e. The number of rotatable bonds is 6. The van der Waals surface area contributed by atoms with Crippen LogP contribution in [0.1, 0.15) is 36.5 Å². The standard InChI is InChI=1S/C26H29ClFN3O2/c1-19-16-29(17-20-4-9-24(28)10-5-20)13-14-31(19)26(33)11-7-21-6-8-23(27)15-22(21)18-30-12-2-3-25(30)32/h4-11,15,19H,2-3,12-14,16-18H2,1H3. The molecule has 0 bridgehead atoms. The molecule has 2 aliphatic heterocycles. The van der Waals surface area contributed by atoms with Crippen molar-refractivity contribution in [3.05, 3.63) is 76.1 Å². The second-order valence-corrected chi connectivity index (χ2v) is 9.27. The minimum atomic E-state index is -0.231. The summed E-state index contributed by atoms with van der Waals surface area (Å²) >= 11 is 6.20. The Labute approximate surface area is 199 Å². The van der Waals surface area contributed by atoms with Crippen molar-refractivity contribution in [1.82, 2.24) is 14.7 Å². The summed E-state index contributed by atoms with van der Waals surface area (Å²) in [4.78, 5) is 31.0. The van der Waals surface area contributed by atoms with Crippen LogP contribution in [0, 0.1) is 5.82 Å². The van der Waals surface area contributed by atoms with Gasteiger partial charge in [0.05, 0.1) is 0 Å². The van der Waals surface area contributed by atoms with Crippen molar-refractivity contribution < 1.29 is 14.0 Å². The van der Waals surface area contributed by atoms with Crippen LogP contribution < -0.4 is 0 Å². The van der Waals surface area contributed by atoms with Crippen molar-refractivity contribution in [2.24, 2.45) is 0 Å². The molecule has 0 saturated carbocycles. The number of piperazine rings is 1. The SMILES string of the molecule is CC1CN(Cc2ccc(F)cc2)CCN1C(=O)C=Cc1ccc(Cl)cc1CN1CCCC1=O. The first-order valence-corrected chi connectivity index (χ1v) is 11.8. The van der Waals surface area contributed by atoms with Gasteiger partial charge in [-0.25, -0.2) is 4.39 Å². The zero-order valence-corrected chi connectivity index (χ0v) is 19.6. The van der Waals surface area contributed by atoms with Crippen LogP contribution in [-0.4, -0.2) is 58.7 Å². The van der Waals surface area contributed by atoms with E-state index in [0.717, 1.165) is 49.3 Å². The lowest BCUT2D eigenvalue weighted by Gasteiger charge is -2.39. The van der Waals surface area contributed by atoms with Gasteiger partial charge in [0.15, 0.2) is 0 Å². The zero-order valence-electron chi connectivity index (χ0n) is 18.8. The first-order chi connectivity index (χ1) is 15.9. The summed E-state index contributed by atoms with van der Waals surface area (Å²) in [6.07, 6.45) is 4.92. The van der Waals surface area contributed by atoms with Gasteiger partial charge in [-0.15, -0.1) is 0 Å². The van der Waals surface area contributed by atoms with Gasteiger partial charge in [0.25, 0.3) is 0 Å². The van der Waals surface area contributed by atoms with Crippen LogP contribution in [0.3, 0.4) is 0 Å². The van der Waals surface area contributed by atoms with Gasteiger partial charge in [-0.2, -0.15) is 0 Å². The van der Waals surface area contributed by atoms with Crippen molar-refractivity contribution in [3.63, 3.8) is 0 Å². The van der Waals surface area contributed by atoms with Gasteiger partial charge in [-0.05, 0) is 60.4 Å². The fourth-order valence-corrected chi connectivity index (χ4v) is 4.75. The molecule has 1 unspecified atom stereocenters. The van der Waals surface area contributed by atoms with E-state index in [-0.39, 0.29) is 23.7 Å². The molecule has 0 aromatic heterocycles. The molecule has 0 aliphatic carbocycles. The maximum Gasteiger partial charge on any atom is 0.246 e. The molecule has 174 valence electrons. The van der Waals surface area contributed by atoms with Crippen molar-refractivity contribution in [1.29, 1.82) is 0 Å². The number of carbonyl (C=O) groups excluding carboxylic acids is 2. The van der Waals surface area contributed by atoms with E-state index in [1.54, 1.807) is 24.3 Å². The van der Waals surface area contributed by atoms with Crippen LogP contribution in [0.15, 0.2) is 48.5 Å².